The Labute approximate surface area is 162 Å². The second-order valence-corrected chi connectivity index (χ2v) is 7.89. The molecule has 0 saturated heterocycles. The summed E-state index contributed by atoms with van der Waals surface area (Å²) < 4.78 is 5.22. The van der Waals surface area contributed by atoms with Gasteiger partial charge in [-0.15, -0.1) is 0 Å². The van der Waals surface area contributed by atoms with Crippen molar-refractivity contribution in [3.8, 4) is 0 Å². The molecule has 0 aromatic rings. The molecule has 0 fully saturated rings. The van der Waals surface area contributed by atoms with Crippen molar-refractivity contribution >= 4 is 5.78 Å². The minimum Gasteiger partial charge on any atom is -0.459 e. The van der Waals surface area contributed by atoms with Crippen LogP contribution in [0, 0.1) is 11.8 Å². The van der Waals surface area contributed by atoms with Crippen LogP contribution < -0.4 is 0 Å². The molecule has 0 aromatic carbocycles. The van der Waals surface area contributed by atoms with Crippen LogP contribution in [-0.2, 0) is 9.53 Å². The smallest absolute Gasteiger partial charge is 0.269 e. The van der Waals surface area contributed by atoms with Gasteiger partial charge in [0.2, 0.25) is 5.78 Å². The molecule has 5 heteroatoms. The fraction of sp³-hybridized carbons (Fsp3) is 0.591. The number of carbonyl (C=O) groups excluding carboxylic acids is 1. The van der Waals surface area contributed by atoms with Gasteiger partial charge in [0.05, 0.1) is 12.2 Å². The average molecular weight is 379 g/mol. The number of rotatable bonds is 9. The van der Waals surface area contributed by atoms with Gasteiger partial charge < -0.3 is 20.1 Å². The Hall–Kier alpha value is -1.69. The van der Waals surface area contributed by atoms with Crippen LogP contribution in [0.1, 0.15) is 54.4 Å². The van der Waals surface area contributed by atoms with Crippen molar-refractivity contribution in [3.05, 3.63) is 47.3 Å². The summed E-state index contributed by atoms with van der Waals surface area (Å²) in [7, 11) is 0. The topological polar surface area (TPSA) is 87.0 Å². The molecule has 4 atom stereocenters. The van der Waals surface area contributed by atoms with Gasteiger partial charge in [-0.3, -0.25) is 4.79 Å². The molecule has 27 heavy (non-hydrogen) atoms. The maximum Gasteiger partial charge on any atom is 0.269 e. The number of ketones is 1. The van der Waals surface area contributed by atoms with Crippen LogP contribution in [-0.4, -0.2) is 39.1 Å². The van der Waals surface area contributed by atoms with E-state index >= 15 is 0 Å². The number of Topliss-reactive ketones (excluding diaryl/α,β-unsaturated/α-hetero) is 1. The number of allylic oxidation sites excluding steroid dienone is 3. The Kier molecular flexibility index (Phi) is 8.66. The van der Waals surface area contributed by atoms with Gasteiger partial charge in [-0.25, -0.2) is 0 Å². The van der Waals surface area contributed by atoms with E-state index in [-0.39, 0.29) is 12.3 Å². The lowest BCUT2D eigenvalue weighted by Gasteiger charge is -2.17. The summed E-state index contributed by atoms with van der Waals surface area (Å²) in [5.41, 5.74) is 1.30. The van der Waals surface area contributed by atoms with E-state index in [1.54, 1.807) is 25.2 Å². The first-order chi connectivity index (χ1) is 12.5. The zero-order valence-corrected chi connectivity index (χ0v) is 17.3. The van der Waals surface area contributed by atoms with Crippen LogP contribution in [0.2, 0.25) is 0 Å². The van der Waals surface area contributed by atoms with Gasteiger partial charge >= 0.3 is 0 Å². The van der Waals surface area contributed by atoms with Crippen molar-refractivity contribution in [1.29, 1.82) is 0 Å². The third kappa shape index (κ3) is 7.09. The monoisotopic (exact) mass is 378 g/mol. The Balaban J connectivity index is 2.55. The minimum atomic E-state index is -1.84. The molecule has 0 spiro atoms. The molecule has 5 nitrogen and oxygen atoms in total. The molecular weight excluding hydrogens is 344 g/mol. The number of hydrogen-bond donors (Lipinski definition) is 3. The highest BCUT2D eigenvalue weighted by Crippen LogP contribution is 2.30. The minimum absolute atomic E-state index is 0.0500. The summed E-state index contributed by atoms with van der Waals surface area (Å²) in [6.07, 6.45) is 8.71. The quantitative estimate of drug-likeness (QED) is 0.423. The lowest BCUT2D eigenvalue weighted by Crippen LogP contribution is -2.32. The van der Waals surface area contributed by atoms with Crippen LogP contribution in [0.25, 0.3) is 0 Å². The van der Waals surface area contributed by atoms with Gasteiger partial charge in [-0.2, -0.15) is 0 Å². The maximum atomic E-state index is 11.8. The molecule has 4 unspecified atom stereocenters. The van der Waals surface area contributed by atoms with Crippen molar-refractivity contribution in [2.45, 2.75) is 72.4 Å². The van der Waals surface area contributed by atoms with E-state index in [0.717, 1.165) is 12.0 Å². The fourth-order valence-corrected chi connectivity index (χ4v) is 2.78. The summed E-state index contributed by atoms with van der Waals surface area (Å²) in [5.74, 6) is -1.50. The van der Waals surface area contributed by atoms with Gasteiger partial charge in [0.25, 0.3) is 5.79 Å². The SMILES string of the molecule is CC(=CCC(C)C)C(O)C(C)C=CC=CC(O)CC1=C(C)C(=O)C(C)(O)O1. The Morgan fingerprint density at radius 1 is 1.19 bits per heavy atom. The van der Waals surface area contributed by atoms with Crippen LogP contribution in [0.15, 0.2) is 47.3 Å². The van der Waals surface area contributed by atoms with E-state index in [4.69, 9.17) is 4.74 Å². The standard InChI is InChI=1S/C22H34O5/c1-14(2)11-12-16(4)20(24)15(3)9-7-8-10-18(23)13-19-17(5)21(25)22(6,26)27-19/h7-10,12,14-15,18,20,23-24,26H,11,13H2,1-6H3. The average Bonchev–Trinajstić information content (AvgIpc) is 2.78. The Bertz CT molecular complexity index is 637. The summed E-state index contributed by atoms with van der Waals surface area (Å²) >= 11 is 0. The highest BCUT2D eigenvalue weighted by molar-refractivity contribution is 6.02. The number of aliphatic hydroxyl groups excluding tert-OH is 2. The summed E-state index contributed by atoms with van der Waals surface area (Å²) in [6.45, 7) is 11.0. The number of hydrogen-bond acceptors (Lipinski definition) is 5. The highest BCUT2D eigenvalue weighted by Gasteiger charge is 2.42. The lowest BCUT2D eigenvalue weighted by atomic mass is 9.96. The van der Waals surface area contributed by atoms with Gasteiger partial charge in [-0.1, -0.05) is 51.2 Å². The second-order valence-electron chi connectivity index (χ2n) is 7.89. The highest BCUT2D eigenvalue weighted by atomic mass is 16.6. The van der Waals surface area contributed by atoms with Crippen molar-refractivity contribution in [1.82, 2.24) is 0 Å². The first kappa shape index (κ1) is 23.3. The van der Waals surface area contributed by atoms with E-state index in [1.807, 2.05) is 19.9 Å². The molecule has 3 N–H and O–H groups in total. The molecule has 1 aliphatic rings. The van der Waals surface area contributed by atoms with Crippen LogP contribution >= 0.6 is 0 Å². The van der Waals surface area contributed by atoms with Gasteiger partial charge in [0.15, 0.2) is 0 Å². The van der Waals surface area contributed by atoms with Gasteiger partial charge in [0.1, 0.15) is 5.76 Å². The molecule has 0 bridgehead atoms. The summed E-state index contributed by atoms with van der Waals surface area (Å²) in [4.78, 5) is 11.8. The summed E-state index contributed by atoms with van der Waals surface area (Å²) in [5, 5.41) is 30.2. The fourth-order valence-electron chi connectivity index (χ4n) is 2.78. The predicted octanol–water partition coefficient (Wildman–Crippen LogP) is 3.42. The molecule has 0 aliphatic carbocycles. The third-order valence-electron chi connectivity index (χ3n) is 4.63. The van der Waals surface area contributed by atoms with E-state index in [2.05, 4.69) is 19.9 Å². The van der Waals surface area contributed by atoms with Crippen molar-refractivity contribution in [3.63, 3.8) is 0 Å². The zero-order chi connectivity index (χ0) is 20.8. The lowest BCUT2D eigenvalue weighted by molar-refractivity contribution is -0.171. The van der Waals surface area contributed by atoms with Crippen molar-refractivity contribution < 1.29 is 24.9 Å². The van der Waals surface area contributed by atoms with E-state index in [9.17, 15) is 20.1 Å². The first-order valence-corrected chi connectivity index (χ1v) is 9.49. The molecular formula is C22H34O5. The van der Waals surface area contributed by atoms with Crippen molar-refractivity contribution in [2.24, 2.45) is 11.8 Å². The number of ether oxygens (including phenoxy) is 1. The number of aliphatic hydroxyl groups is 3. The van der Waals surface area contributed by atoms with Crippen LogP contribution in [0.3, 0.4) is 0 Å². The maximum absolute atomic E-state index is 11.8. The molecule has 0 amide bonds. The predicted molar refractivity (Wildman–Crippen MR) is 107 cm³/mol. The molecule has 0 aromatic heterocycles. The molecule has 0 radical (unpaired) electrons. The Morgan fingerprint density at radius 3 is 2.30 bits per heavy atom. The number of carbonyl (C=O) groups is 1. The first-order valence-electron chi connectivity index (χ1n) is 9.49. The van der Waals surface area contributed by atoms with Gasteiger partial charge in [-0.05, 0) is 31.8 Å². The van der Waals surface area contributed by atoms with Crippen LogP contribution in [0.5, 0.6) is 0 Å². The van der Waals surface area contributed by atoms with E-state index in [1.165, 1.54) is 6.92 Å². The largest absolute Gasteiger partial charge is 0.459 e. The van der Waals surface area contributed by atoms with E-state index < -0.39 is 23.8 Å². The molecule has 152 valence electrons. The third-order valence-corrected chi connectivity index (χ3v) is 4.63. The molecule has 1 heterocycles. The van der Waals surface area contributed by atoms with Crippen molar-refractivity contribution in [2.75, 3.05) is 0 Å². The van der Waals surface area contributed by atoms with E-state index in [0.29, 0.717) is 17.3 Å². The normalized spacial score (nSPS) is 25.0. The Morgan fingerprint density at radius 2 is 1.78 bits per heavy atom. The van der Waals surface area contributed by atoms with Gasteiger partial charge in [0, 0.05) is 24.8 Å². The molecule has 1 aliphatic heterocycles. The molecule has 1 rings (SSSR count). The zero-order valence-electron chi connectivity index (χ0n) is 17.3. The molecule has 0 saturated carbocycles. The summed E-state index contributed by atoms with van der Waals surface area (Å²) in [6, 6.07) is 0. The second kappa shape index (κ2) is 10.0. The van der Waals surface area contributed by atoms with Crippen LogP contribution in [0.4, 0.5) is 0 Å².